The molecule has 0 aromatic heterocycles. The van der Waals surface area contributed by atoms with Crippen LogP contribution < -0.4 is 5.32 Å². The number of nitrogens with one attached hydrogen (secondary N) is 1. The molecule has 1 aromatic rings. The van der Waals surface area contributed by atoms with Crippen molar-refractivity contribution in [1.29, 1.82) is 0 Å². The predicted octanol–water partition coefficient (Wildman–Crippen LogP) is 1.58. The number of carboxylic acid groups (broad SMARTS) is 1. The van der Waals surface area contributed by atoms with Crippen LogP contribution in [0.3, 0.4) is 0 Å². The van der Waals surface area contributed by atoms with Crippen LogP contribution in [0.25, 0.3) is 0 Å². The summed E-state index contributed by atoms with van der Waals surface area (Å²) in [5, 5.41) is 11.4. The zero-order chi connectivity index (χ0) is 11.7. The Balaban J connectivity index is 2.26. The molecular formula is C11H10BrNO3. The van der Waals surface area contributed by atoms with Crippen LogP contribution in [0.2, 0.25) is 0 Å². The third kappa shape index (κ3) is 2.24. The first-order valence-electron chi connectivity index (χ1n) is 4.87. The molecule has 0 saturated carbocycles. The predicted molar refractivity (Wildman–Crippen MR) is 61.4 cm³/mol. The van der Waals surface area contributed by atoms with Gasteiger partial charge in [-0.3, -0.25) is 9.59 Å². The van der Waals surface area contributed by atoms with Crippen molar-refractivity contribution in [2.75, 3.05) is 0 Å². The van der Waals surface area contributed by atoms with E-state index in [0.29, 0.717) is 12.0 Å². The molecule has 1 atom stereocenters. The second kappa shape index (κ2) is 4.25. The fourth-order valence-corrected chi connectivity index (χ4v) is 2.21. The maximum Gasteiger partial charge on any atom is 0.305 e. The lowest BCUT2D eigenvalue weighted by Gasteiger charge is -2.24. The van der Waals surface area contributed by atoms with Gasteiger partial charge in [-0.25, -0.2) is 0 Å². The maximum atomic E-state index is 11.7. The maximum absolute atomic E-state index is 11.7. The smallest absolute Gasteiger partial charge is 0.305 e. The van der Waals surface area contributed by atoms with E-state index in [4.69, 9.17) is 5.11 Å². The van der Waals surface area contributed by atoms with Gasteiger partial charge in [0.1, 0.15) is 0 Å². The molecular weight excluding hydrogens is 274 g/mol. The van der Waals surface area contributed by atoms with Gasteiger partial charge in [0.15, 0.2) is 0 Å². The van der Waals surface area contributed by atoms with E-state index in [9.17, 15) is 9.59 Å². The highest BCUT2D eigenvalue weighted by Crippen LogP contribution is 2.22. The average Bonchev–Trinajstić information content (AvgIpc) is 2.18. The Morgan fingerprint density at radius 1 is 1.56 bits per heavy atom. The normalized spacial score (nSPS) is 18.8. The Morgan fingerprint density at radius 3 is 3.00 bits per heavy atom. The summed E-state index contributed by atoms with van der Waals surface area (Å²) in [6.45, 7) is 0. The van der Waals surface area contributed by atoms with Crippen molar-refractivity contribution in [2.24, 2.45) is 0 Å². The van der Waals surface area contributed by atoms with Crippen LogP contribution in [0.5, 0.6) is 0 Å². The lowest BCUT2D eigenvalue weighted by atomic mass is 9.94. The summed E-state index contributed by atoms with van der Waals surface area (Å²) < 4.78 is 0.845. The van der Waals surface area contributed by atoms with Crippen LogP contribution in [0.4, 0.5) is 0 Å². The minimum absolute atomic E-state index is 0.0404. The van der Waals surface area contributed by atoms with E-state index in [0.717, 1.165) is 10.0 Å². The molecule has 0 spiro atoms. The Kier molecular flexibility index (Phi) is 2.96. The summed E-state index contributed by atoms with van der Waals surface area (Å²) in [7, 11) is 0. The number of fused-ring (bicyclic) bond motifs is 1. The van der Waals surface area contributed by atoms with Crippen LogP contribution in [-0.2, 0) is 11.2 Å². The summed E-state index contributed by atoms with van der Waals surface area (Å²) in [4.78, 5) is 22.3. The van der Waals surface area contributed by atoms with Gasteiger partial charge in [0.2, 0.25) is 0 Å². The van der Waals surface area contributed by atoms with Crippen LogP contribution >= 0.6 is 15.9 Å². The molecule has 1 aromatic carbocycles. The standard InChI is InChI=1S/C11H10BrNO3/c12-7-2-1-6-3-8(5-10(14)15)13-11(16)9(6)4-7/h1-2,4,8H,3,5H2,(H,13,16)(H,14,15). The number of carboxylic acids is 1. The zero-order valence-corrected chi connectivity index (χ0v) is 9.95. The molecule has 2 rings (SSSR count). The van der Waals surface area contributed by atoms with Crippen LogP contribution in [0.1, 0.15) is 22.3 Å². The van der Waals surface area contributed by atoms with Gasteiger partial charge in [0.25, 0.3) is 5.91 Å². The Labute approximate surface area is 101 Å². The number of carbonyl (C=O) groups excluding carboxylic acids is 1. The Morgan fingerprint density at radius 2 is 2.31 bits per heavy atom. The first-order chi connectivity index (χ1) is 7.56. The molecule has 1 heterocycles. The van der Waals surface area contributed by atoms with Gasteiger partial charge in [0, 0.05) is 16.1 Å². The number of aliphatic carboxylic acids is 1. The van der Waals surface area contributed by atoms with E-state index in [1.807, 2.05) is 12.1 Å². The van der Waals surface area contributed by atoms with Crippen LogP contribution in [0.15, 0.2) is 22.7 Å². The number of hydrogen-bond donors (Lipinski definition) is 2. The van der Waals surface area contributed by atoms with E-state index >= 15 is 0 Å². The quantitative estimate of drug-likeness (QED) is 0.866. The third-order valence-electron chi connectivity index (χ3n) is 2.54. The third-order valence-corrected chi connectivity index (χ3v) is 3.03. The van der Waals surface area contributed by atoms with Gasteiger partial charge >= 0.3 is 5.97 Å². The lowest BCUT2D eigenvalue weighted by molar-refractivity contribution is -0.137. The second-order valence-electron chi connectivity index (χ2n) is 3.77. The number of rotatable bonds is 2. The lowest BCUT2D eigenvalue weighted by Crippen LogP contribution is -2.42. The van der Waals surface area contributed by atoms with Crippen LogP contribution in [-0.4, -0.2) is 23.0 Å². The van der Waals surface area contributed by atoms with Gasteiger partial charge in [-0.1, -0.05) is 22.0 Å². The van der Waals surface area contributed by atoms with Crippen LogP contribution in [0, 0.1) is 0 Å². The molecule has 5 heteroatoms. The van der Waals surface area contributed by atoms with Gasteiger partial charge in [-0.15, -0.1) is 0 Å². The summed E-state index contributed by atoms with van der Waals surface area (Å²) in [5.41, 5.74) is 1.52. The number of amides is 1. The summed E-state index contributed by atoms with van der Waals surface area (Å²) in [6.07, 6.45) is 0.530. The number of carbonyl (C=O) groups is 2. The number of hydrogen-bond acceptors (Lipinski definition) is 2. The topological polar surface area (TPSA) is 66.4 Å². The summed E-state index contributed by atoms with van der Waals surface area (Å²) >= 11 is 3.30. The van der Waals surface area contributed by atoms with E-state index in [2.05, 4.69) is 21.2 Å². The van der Waals surface area contributed by atoms with Crippen molar-refractivity contribution >= 4 is 27.8 Å². The number of benzene rings is 1. The van der Waals surface area contributed by atoms with Gasteiger partial charge < -0.3 is 10.4 Å². The Hall–Kier alpha value is -1.36. The fourth-order valence-electron chi connectivity index (χ4n) is 1.85. The number of halogens is 1. The highest BCUT2D eigenvalue weighted by atomic mass is 79.9. The highest BCUT2D eigenvalue weighted by molar-refractivity contribution is 9.10. The molecule has 84 valence electrons. The Bertz CT molecular complexity index is 459. The monoisotopic (exact) mass is 283 g/mol. The molecule has 0 fully saturated rings. The van der Waals surface area contributed by atoms with Crippen molar-refractivity contribution in [3.05, 3.63) is 33.8 Å². The highest BCUT2D eigenvalue weighted by Gasteiger charge is 2.25. The summed E-state index contributed by atoms with van der Waals surface area (Å²) in [5.74, 6) is -1.10. The molecule has 0 radical (unpaired) electrons. The van der Waals surface area contributed by atoms with Crippen molar-refractivity contribution in [3.8, 4) is 0 Å². The molecule has 0 bridgehead atoms. The van der Waals surface area contributed by atoms with E-state index in [1.54, 1.807) is 6.07 Å². The molecule has 1 aliphatic rings. The molecule has 0 aliphatic carbocycles. The largest absolute Gasteiger partial charge is 0.481 e. The molecule has 1 aliphatic heterocycles. The van der Waals surface area contributed by atoms with Crippen molar-refractivity contribution in [2.45, 2.75) is 18.9 Å². The van der Waals surface area contributed by atoms with Crippen molar-refractivity contribution in [3.63, 3.8) is 0 Å². The zero-order valence-electron chi connectivity index (χ0n) is 8.37. The van der Waals surface area contributed by atoms with E-state index in [1.165, 1.54) is 0 Å². The molecule has 1 unspecified atom stereocenters. The molecule has 2 N–H and O–H groups in total. The first kappa shape index (κ1) is 11.1. The second-order valence-corrected chi connectivity index (χ2v) is 4.69. The van der Waals surface area contributed by atoms with Crippen molar-refractivity contribution in [1.82, 2.24) is 5.32 Å². The summed E-state index contributed by atoms with van der Waals surface area (Å²) in [6, 6.07) is 5.16. The fraction of sp³-hybridized carbons (Fsp3) is 0.273. The average molecular weight is 284 g/mol. The van der Waals surface area contributed by atoms with E-state index < -0.39 is 5.97 Å². The van der Waals surface area contributed by atoms with E-state index in [-0.39, 0.29) is 18.4 Å². The van der Waals surface area contributed by atoms with Gasteiger partial charge in [-0.05, 0) is 24.1 Å². The SMILES string of the molecule is O=C(O)CC1Cc2ccc(Br)cc2C(=O)N1. The minimum atomic E-state index is -0.897. The molecule has 0 saturated heterocycles. The molecule has 4 nitrogen and oxygen atoms in total. The molecule has 16 heavy (non-hydrogen) atoms. The van der Waals surface area contributed by atoms with Gasteiger partial charge in [-0.2, -0.15) is 0 Å². The van der Waals surface area contributed by atoms with Gasteiger partial charge in [0.05, 0.1) is 6.42 Å². The first-order valence-corrected chi connectivity index (χ1v) is 5.66. The molecule has 1 amide bonds. The van der Waals surface area contributed by atoms with Crippen molar-refractivity contribution < 1.29 is 14.7 Å². The minimum Gasteiger partial charge on any atom is -0.481 e.